The van der Waals surface area contributed by atoms with Gasteiger partial charge in [-0.25, -0.2) is 0 Å². The summed E-state index contributed by atoms with van der Waals surface area (Å²) in [5.41, 5.74) is 3.09. The van der Waals surface area contributed by atoms with Crippen LogP contribution in [-0.2, 0) is 0 Å². The van der Waals surface area contributed by atoms with Crippen LogP contribution in [0.5, 0.6) is 0 Å². The Morgan fingerprint density at radius 1 is 1.11 bits per heavy atom. The van der Waals surface area contributed by atoms with Gasteiger partial charge in [-0.1, -0.05) is 31.2 Å². The van der Waals surface area contributed by atoms with Crippen LogP contribution in [0, 0.1) is 0 Å². The lowest BCUT2D eigenvalue weighted by atomic mass is 9.81. The maximum atomic E-state index is 3.77. The highest BCUT2D eigenvalue weighted by Gasteiger charge is 2.26. The van der Waals surface area contributed by atoms with E-state index in [0.29, 0.717) is 6.04 Å². The lowest BCUT2D eigenvalue weighted by molar-refractivity contribution is 0.308. The third kappa shape index (κ3) is 3.01. The predicted octanol–water partition coefficient (Wildman–Crippen LogP) is 3.31. The van der Waals surface area contributed by atoms with E-state index in [4.69, 9.17) is 0 Å². The first-order chi connectivity index (χ1) is 9.25. The number of fused-ring (bicyclic) bond motifs is 1. The number of likely N-dealkylation sites (N-methyl/N-ethyl adjacent to an activating group) is 1. The van der Waals surface area contributed by atoms with E-state index in [-0.39, 0.29) is 0 Å². The van der Waals surface area contributed by atoms with Crippen LogP contribution < -0.4 is 5.32 Å². The Bertz CT molecular complexity index is 425. The van der Waals surface area contributed by atoms with Crippen LogP contribution in [0.3, 0.4) is 0 Å². The van der Waals surface area contributed by atoms with Crippen molar-refractivity contribution in [2.45, 2.75) is 50.6 Å². The minimum atomic E-state index is 0.569. The summed E-state index contributed by atoms with van der Waals surface area (Å²) in [5, 5.41) is 3.77. The third-order valence-electron chi connectivity index (χ3n) is 4.82. The molecule has 0 heterocycles. The smallest absolute Gasteiger partial charge is 0.0323 e. The van der Waals surface area contributed by atoms with Crippen LogP contribution in [0.1, 0.15) is 55.7 Å². The predicted molar refractivity (Wildman–Crippen MR) is 80.5 cm³/mol. The molecule has 2 atom stereocenters. The van der Waals surface area contributed by atoms with Crippen LogP contribution in [0.2, 0.25) is 0 Å². The fourth-order valence-electron chi connectivity index (χ4n) is 3.33. The molecule has 1 aromatic carbocycles. The summed E-state index contributed by atoms with van der Waals surface area (Å²) in [6.07, 6.45) is 5.40. The molecule has 1 aromatic rings. The van der Waals surface area contributed by atoms with E-state index in [0.717, 1.165) is 18.5 Å². The summed E-state index contributed by atoms with van der Waals surface area (Å²) in [5.74, 6) is 0.725. The van der Waals surface area contributed by atoms with E-state index in [1.165, 1.54) is 37.8 Å². The van der Waals surface area contributed by atoms with Gasteiger partial charge in [0.15, 0.2) is 0 Å². The lowest BCUT2D eigenvalue weighted by Crippen LogP contribution is -2.34. The molecule has 1 N–H and O–H groups in total. The molecule has 0 saturated heterocycles. The third-order valence-corrected chi connectivity index (χ3v) is 4.82. The largest absolute Gasteiger partial charge is 0.309 e. The fraction of sp³-hybridized carbons (Fsp3) is 0.647. The molecule has 0 aliphatic heterocycles. The molecule has 1 saturated carbocycles. The van der Waals surface area contributed by atoms with Crippen molar-refractivity contribution in [2.24, 2.45) is 0 Å². The van der Waals surface area contributed by atoms with Crippen molar-refractivity contribution >= 4 is 0 Å². The van der Waals surface area contributed by atoms with E-state index in [1.807, 2.05) is 0 Å². The molecule has 2 aliphatic carbocycles. The van der Waals surface area contributed by atoms with Gasteiger partial charge in [-0.05, 0) is 49.8 Å². The van der Waals surface area contributed by atoms with Gasteiger partial charge in [0.25, 0.3) is 0 Å². The Hall–Kier alpha value is -0.860. The van der Waals surface area contributed by atoms with Crippen molar-refractivity contribution in [3.8, 4) is 0 Å². The highest BCUT2D eigenvalue weighted by molar-refractivity contribution is 5.34. The molecule has 2 aliphatic rings. The zero-order valence-corrected chi connectivity index (χ0v) is 12.2. The first kappa shape index (κ1) is 13.1. The van der Waals surface area contributed by atoms with Gasteiger partial charge in [-0.15, -0.1) is 0 Å². The molecule has 2 unspecified atom stereocenters. The minimum absolute atomic E-state index is 0.569. The maximum Gasteiger partial charge on any atom is 0.0323 e. The summed E-state index contributed by atoms with van der Waals surface area (Å²) >= 11 is 0. The Morgan fingerprint density at radius 2 is 1.84 bits per heavy atom. The molecule has 0 bridgehead atoms. The normalized spacial score (nSPS) is 26.5. The first-order valence-electron chi connectivity index (χ1n) is 7.78. The van der Waals surface area contributed by atoms with E-state index in [2.05, 4.69) is 48.5 Å². The van der Waals surface area contributed by atoms with Gasteiger partial charge in [-0.2, -0.15) is 0 Å². The van der Waals surface area contributed by atoms with Crippen molar-refractivity contribution in [2.75, 3.05) is 20.1 Å². The zero-order chi connectivity index (χ0) is 13.2. The molecule has 1 fully saturated rings. The average Bonchev–Trinajstić information content (AvgIpc) is 3.26. The van der Waals surface area contributed by atoms with Crippen LogP contribution >= 0.6 is 0 Å². The molecule has 2 nitrogen and oxygen atoms in total. The zero-order valence-electron chi connectivity index (χ0n) is 12.2. The molecule has 2 heteroatoms. The van der Waals surface area contributed by atoms with Crippen molar-refractivity contribution in [3.63, 3.8) is 0 Å². The Morgan fingerprint density at radius 3 is 2.58 bits per heavy atom. The molecule has 3 rings (SSSR count). The minimum Gasteiger partial charge on any atom is -0.309 e. The summed E-state index contributed by atoms with van der Waals surface area (Å²) in [4.78, 5) is 2.50. The van der Waals surface area contributed by atoms with Crippen molar-refractivity contribution in [1.29, 1.82) is 0 Å². The van der Waals surface area contributed by atoms with Gasteiger partial charge in [0.05, 0.1) is 0 Å². The second-order valence-corrected chi connectivity index (χ2v) is 6.33. The molecule has 0 aromatic heterocycles. The van der Waals surface area contributed by atoms with Gasteiger partial charge >= 0.3 is 0 Å². The molecule has 104 valence electrons. The second-order valence-electron chi connectivity index (χ2n) is 6.33. The molecule has 19 heavy (non-hydrogen) atoms. The number of hydrogen-bond acceptors (Lipinski definition) is 2. The van der Waals surface area contributed by atoms with Gasteiger partial charge < -0.3 is 10.2 Å². The quantitative estimate of drug-likeness (QED) is 0.871. The average molecular weight is 258 g/mol. The molecule has 0 radical (unpaired) electrons. The van der Waals surface area contributed by atoms with Gasteiger partial charge in [-0.3, -0.25) is 0 Å². The van der Waals surface area contributed by atoms with Crippen LogP contribution in [0.15, 0.2) is 24.3 Å². The number of hydrogen-bond donors (Lipinski definition) is 1. The molecular weight excluding hydrogens is 232 g/mol. The Kier molecular flexibility index (Phi) is 3.90. The van der Waals surface area contributed by atoms with Gasteiger partial charge in [0, 0.05) is 25.2 Å². The monoisotopic (exact) mass is 258 g/mol. The maximum absolute atomic E-state index is 3.77. The van der Waals surface area contributed by atoms with Gasteiger partial charge in [0.2, 0.25) is 0 Å². The standard InChI is InChI=1S/C17H26N2/c1-13-7-10-17(16-6-4-3-5-15(13)16)18-11-12-19(2)14-8-9-14/h3-6,13-14,17-18H,7-12H2,1-2H3. The summed E-state index contributed by atoms with van der Waals surface area (Å²) in [6.45, 7) is 4.65. The topological polar surface area (TPSA) is 15.3 Å². The summed E-state index contributed by atoms with van der Waals surface area (Å²) in [7, 11) is 2.26. The molecular formula is C17H26N2. The SMILES string of the molecule is CC1CCC(NCCN(C)C2CC2)c2ccccc21. The van der Waals surface area contributed by atoms with Crippen molar-refractivity contribution in [1.82, 2.24) is 10.2 Å². The van der Waals surface area contributed by atoms with Crippen molar-refractivity contribution < 1.29 is 0 Å². The fourth-order valence-corrected chi connectivity index (χ4v) is 3.33. The highest BCUT2D eigenvalue weighted by atomic mass is 15.2. The van der Waals surface area contributed by atoms with Crippen molar-refractivity contribution in [3.05, 3.63) is 35.4 Å². The molecule has 0 spiro atoms. The van der Waals surface area contributed by atoms with Gasteiger partial charge in [0.1, 0.15) is 0 Å². The number of nitrogens with one attached hydrogen (secondary N) is 1. The van der Waals surface area contributed by atoms with Crippen LogP contribution in [0.4, 0.5) is 0 Å². The summed E-state index contributed by atoms with van der Waals surface area (Å²) in [6, 6.07) is 10.4. The van der Waals surface area contributed by atoms with E-state index in [1.54, 1.807) is 5.56 Å². The van der Waals surface area contributed by atoms with E-state index < -0.39 is 0 Å². The molecule has 0 amide bonds. The highest BCUT2D eigenvalue weighted by Crippen LogP contribution is 2.36. The Balaban J connectivity index is 1.57. The Labute approximate surface area is 117 Å². The van der Waals surface area contributed by atoms with E-state index >= 15 is 0 Å². The number of benzene rings is 1. The second kappa shape index (κ2) is 5.64. The summed E-state index contributed by atoms with van der Waals surface area (Å²) < 4.78 is 0. The lowest BCUT2D eigenvalue weighted by Gasteiger charge is -2.31. The van der Waals surface area contributed by atoms with E-state index in [9.17, 15) is 0 Å². The number of rotatable bonds is 5. The first-order valence-corrected chi connectivity index (χ1v) is 7.78. The number of nitrogens with zero attached hydrogens (tertiary/aromatic N) is 1. The van der Waals surface area contributed by atoms with Crippen LogP contribution in [-0.4, -0.2) is 31.1 Å². The van der Waals surface area contributed by atoms with Crippen LogP contribution in [0.25, 0.3) is 0 Å².